The van der Waals surface area contributed by atoms with Crippen LogP contribution in [-0.4, -0.2) is 65.9 Å². The summed E-state index contributed by atoms with van der Waals surface area (Å²) in [5, 5.41) is 15.6. The maximum absolute atomic E-state index is 11.9. The molecule has 0 aliphatic heterocycles. The number of nitrogens with two attached hydrogens (primary N) is 3. The molecule has 0 aliphatic carbocycles. The average Bonchev–Trinajstić information content (AvgIpc) is 2.58. The summed E-state index contributed by atoms with van der Waals surface area (Å²) < 4.78 is 0. The molecule has 12 nitrogen and oxygen atoms in total. The fourth-order valence-corrected chi connectivity index (χ4v) is 1.99. The Morgan fingerprint density at radius 2 is 1.67 bits per heavy atom. The van der Waals surface area contributed by atoms with Crippen molar-refractivity contribution >= 4 is 29.6 Å². The second-order valence-electron chi connectivity index (χ2n) is 5.97. The summed E-state index contributed by atoms with van der Waals surface area (Å²) in [7, 11) is 0. The van der Waals surface area contributed by atoms with E-state index in [1.807, 2.05) is 0 Å². The minimum atomic E-state index is -1.49. The lowest BCUT2D eigenvalue weighted by Crippen LogP contribution is -2.52. The maximum Gasteiger partial charge on any atom is 0.326 e. The van der Waals surface area contributed by atoms with E-state index in [1.54, 1.807) is 0 Å². The van der Waals surface area contributed by atoms with Gasteiger partial charge in [-0.05, 0) is 26.3 Å². The summed E-state index contributed by atoms with van der Waals surface area (Å²) in [6.07, 6.45) is 1.26. The van der Waals surface area contributed by atoms with E-state index < -0.39 is 60.7 Å². The number of rotatable bonds is 13. The quantitative estimate of drug-likeness (QED) is 0.156. The molecule has 12 heteroatoms. The third kappa shape index (κ3) is 10.8. The fourth-order valence-electron chi connectivity index (χ4n) is 1.99. The second kappa shape index (κ2) is 12.6. The Morgan fingerprint density at radius 3 is 2.19 bits per heavy atom. The Hall–Kier alpha value is -2.73. The number of nitrogens with one attached hydrogen (secondary N) is 3. The Kier molecular flexibility index (Phi) is 11.3. The number of primary amides is 1. The molecule has 0 fully saturated rings. The highest BCUT2D eigenvalue weighted by molar-refractivity contribution is 5.93. The summed E-state index contributed by atoms with van der Waals surface area (Å²) in [6, 6.07) is -3.22. The lowest BCUT2D eigenvalue weighted by atomic mass is 10.1. The fraction of sp³-hybridized carbons (Fsp3) is 0.667. The Labute approximate surface area is 156 Å². The number of aliphatic carboxylic acids is 1. The van der Waals surface area contributed by atoms with Crippen LogP contribution >= 0.6 is 0 Å². The molecule has 0 rings (SSSR count). The minimum Gasteiger partial charge on any atom is -0.480 e. The number of carbonyl (C=O) groups is 5. The van der Waals surface area contributed by atoms with Gasteiger partial charge in [0.15, 0.2) is 0 Å². The van der Waals surface area contributed by atoms with E-state index in [9.17, 15) is 24.0 Å². The summed E-state index contributed by atoms with van der Waals surface area (Å²) >= 11 is 0. The summed E-state index contributed by atoms with van der Waals surface area (Å²) in [6.45, 7) is 1.37. The second-order valence-corrected chi connectivity index (χ2v) is 5.97. The van der Waals surface area contributed by atoms with Crippen LogP contribution in [0, 0.1) is 0 Å². The molecule has 0 aromatic heterocycles. The molecule has 0 aromatic rings. The van der Waals surface area contributed by atoms with E-state index in [0.29, 0.717) is 19.4 Å². The topological polar surface area (TPSA) is 220 Å². The van der Waals surface area contributed by atoms with Gasteiger partial charge in [-0.1, -0.05) is 6.42 Å². The van der Waals surface area contributed by atoms with Gasteiger partial charge in [0.05, 0.1) is 19.0 Å². The van der Waals surface area contributed by atoms with Crippen LogP contribution < -0.4 is 33.2 Å². The van der Waals surface area contributed by atoms with Gasteiger partial charge in [-0.3, -0.25) is 19.2 Å². The zero-order chi connectivity index (χ0) is 21.0. The van der Waals surface area contributed by atoms with E-state index in [4.69, 9.17) is 22.3 Å². The monoisotopic (exact) mass is 388 g/mol. The molecule has 0 radical (unpaired) electrons. The molecule has 27 heavy (non-hydrogen) atoms. The van der Waals surface area contributed by atoms with Crippen molar-refractivity contribution in [2.45, 2.75) is 50.7 Å². The first-order valence-corrected chi connectivity index (χ1v) is 8.42. The third-order valence-corrected chi connectivity index (χ3v) is 3.52. The van der Waals surface area contributed by atoms with Crippen LogP contribution in [0.4, 0.5) is 0 Å². The van der Waals surface area contributed by atoms with Crippen LogP contribution in [-0.2, 0) is 24.0 Å². The molecule has 0 spiro atoms. The van der Waals surface area contributed by atoms with Gasteiger partial charge < -0.3 is 38.3 Å². The highest BCUT2D eigenvalue weighted by Gasteiger charge is 2.23. The van der Waals surface area contributed by atoms with Crippen LogP contribution in [0.5, 0.6) is 0 Å². The van der Waals surface area contributed by atoms with Crippen LogP contribution in [0.15, 0.2) is 0 Å². The molecule has 3 atom stereocenters. The molecule has 154 valence electrons. The van der Waals surface area contributed by atoms with Crippen molar-refractivity contribution in [2.24, 2.45) is 17.2 Å². The van der Waals surface area contributed by atoms with Crippen LogP contribution in [0.2, 0.25) is 0 Å². The molecular formula is C15H28N6O6. The molecular weight excluding hydrogens is 360 g/mol. The van der Waals surface area contributed by atoms with E-state index in [1.165, 1.54) is 6.92 Å². The highest BCUT2D eigenvalue weighted by atomic mass is 16.4. The van der Waals surface area contributed by atoms with E-state index >= 15 is 0 Å². The predicted octanol–water partition coefficient (Wildman–Crippen LogP) is -3.49. The average molecular weight is 388 g/mol. The van der Waals surface area contributed by atoms with Crippen molar-refractivity contribution in [3.63, 3.8) is 0 Å². The molecule has 0 aromatic carbocycles. The zero-order valence-electron chi connectivity index (χ0n) is 15.2. The number of carbonyl (C=O) groups excluding carboxylic acids is 4. The van der Waals surface area contributed by atoms with E-state index in [0.717, 1.165) is 6.42 Å². The first-order valence-electron chi connectivity index (χ1n) is 8.42. The summed E-state index contributed by atoms with van der Waals surface area (Å²) in [4.78, 5) is 57.2. The normalized spacial score (nSPS) is 13.7. The summed E-state index contributed by atoms with van der Waals surface area (Å²) in [5.74, 6) is -4.32. The number of amides is 4. The van der Waals surface area contributed by atoms with Crippen molar-refractivity contribution in [2.75, 3.05) is 13.1 Å². The lowest BCUT2D eigenvalue weighted by molar-refractivity contribution is -0.143. The molecule has 0 bridgehead atoms. The number of hydrogen-bond acceptors (Lipinski definition) is 7. The Morgan fingerprint density at radius 1 is 1.04 bits per heavy atom. The van der Waals surface area contributed by atoms with Gasteiger partial charge in [-0.25, -0.2) is 4.79 Å². The van der Waals surface area contributed by atoms with Gasteiger partial charge in [-0.2, -0.15) is 0 Å². The molecule has 3 unspecified atom stereocenters. The van der Waals surface area contributed by atoms with Crippen molar-refractivity contribution < 1.29 is 29.1 Å². The highest BCUT2D eigenvalue weighted by Crippen LogP contribution is 1.98. The Balaban J connectivity index is 4.35. The lowest BCUT2D eigenvalue weighted by Gasteiger charge is -2.18. The maximum atomic E-state index is 11.9. The van der Waals surface area contributed by atoms with Gasteiger partial charge in [0, 0.05) is 0 Å². The van der Waals surface area contributed by atoms with Crippen LogP contribution in [0.1, 0.15) is 32.6 Å². The number of hydrogen-bond donors (Lipinski definition) is 7. The van der Waals surface area contributed by atoms with Crippen LogP contribution in [0.25, 0.3) is 0 Å². The van der Waals surface area contributed by atoms with E-state index in [-0.39, 0.29) is 0 Å². The standard InChI is InChI=1S/C15H28N6O6/c1-8(20-14(25)9(17)4-2-3-5-16)13(24)19-7-12(23)21-10(15(26)27)6-11(18)22/h8-10H,2-7,16-17H2,1H3,(H2,18,22)(H,19,24)(H,20,25)(H,21,23)(H,26,27). The minimum absolute atomic E-state index is 0.427. The molecule has 10 N–H and O–H groups in total. The largest absolute Gasteiger partial charge is 0.480 e. The zero-order valence-corrected chi connectivity index (χ0v) is 15.2. The smallest absolute Gasteiger partial charge is 0.326 e. The van der Waals surface area contributed by atoms with Gasteiger partial charge in [-0.15, -0.1) is 0 Å². The van der Waals surface area contributed by atoms with Gasteiger partial charge in [0.2, 0.25) is 23.6 Å². The number of unbranched alkanes of at least 4 members (excludes halogenated alkanes) is 1. The van der Waals surface area contributed by atoms with Gasteiger partial charge >= 0.3 is 5.97 Å². The van der Waals surface area contributed by atoms with Crippen LogP contribution in [0.3, 0.4) is 0 Å². The third-order valence-electron chi connectivity index (χ3n) is 3.52. The molecule has 0 heterocycles. The molecule has 0 saturated carbocycles. The van der Waals surface area contributed by atoms with Gasteiger partial charge in [0.25, 0.3) is 0 Å². The molecule has 0 aliphatic rings. The molecule has 0 saturated heterocycles. The first kappa shape index (κ1) is 24.3. The van der Waals surface area contributed by atoms with Gasteiger partial charge in [0.1, 0.15) is 12.1 Å². The van der Waals surface area contributed by atoms with Crippen molar-refractivity contribution in [1.82, 2.24) is 16.0 Å². The van der Waals surface area contributed by atoms with Crippen molar-refractivity contribution in [3.8, 4) is 0 Å². The van der Waals surface area contributed by atoms with E-state index in [2.05, 4.69) is 16.0 Å². The number of carboxylic acid groups (broad SMARTS) is 1. The Bertz CT molecular complexity index is 555. The number of carboxylic acids is 1. The van der Waals surface area contributed by atoms with Crippen molar-refractivity contribution in [3.05, 3.63) is 0 Å². The molecule has 4 amide bonds. The summed E-state index contributed by atoms with van der Waals surface area (Å²) in [5.41, 5.74) is 16.0. The SMILES string of the molecule is CC(NC(=O)C(N)CCCCN)C(=O)NCC(=O)NC(CC(N)=O)C(=O)O. The first-order chi connectivity index (χ1) is 12.6. The predicted molar refractivity (Wildman–Crippen MR) is 94.9 cm³/mol. The van der Waals surface area contributed by atoms with Crippen molar-refractivity contribution in [1.29, 1.82) is 0 Å².